The fraction of sp³-hybridized carbons (Fsp3) is 0.174. The molecule has 1 aliphatic heterocycles. The highest BCUT2D eigenvalue weighted by Crippen LogP contribution is 2.35. The first-order chi connectivity index (χ1) is 15.5. The maximum atomic E-state index is 13.2. The molecule has 1 unspecified atom stereocenters. The van der Waals surface area contributed by atoms with Crippen molar-refractivity contribution in [2.45, 2.75) is 30.5 Å². The molecule has 10 heteroatoms. The third kappa shape index (κ3) is 4.56. The molecule has 33 heavy (non-hydrogen) atoms. The second-order valence-electron chi connectivity index (χ2n) is 7.68. The molecule has 1 heterocycles. The molecule has 0 aliphatic carbocycles. The van der Waals surface area contributed by atoms with Crippen LogP contribution in [0.4, 0.5) is 24.5 Å². The zero-order valence-corrected chi connectivity index (χ0v) is 18.8. The van der Waals surface area contributed by atoms with E-state index in [1.807, 2.05) is 31.2 Å². The van der Waals surface area contributed by atoms with Gasteiger partial charge in [-0.1, -0.05) is 35.9 Å². The lowest BCUT2D eigenvalue weighted by atomic mass is 10.1. The number of benzene rings is 3. The number of para-hydroxylation sites is 1. The minimum atomic E-state index is -4.67. The Morgan fingerprint density at radius 3 is 2.52 bits per heavy atom. The van der Waals surface area contributed by atoms with E-state index in [9.17, 15) is 26.4 Å². The van der Waals surface area contributed by atoms with Crippen LogP contribution < -0.4 is 9.62 Å². The lowest BCUT2D eigenvalue weighted by Gasteiger charge is -2.23. The molecule has 1 amide bonds. The van der Waals surface area contributed by atoms with Crippen molar-refractivity contribution in [2.75, 3.05) is 9.62 Å². The number of fused-ring (bicyclic) bond motifs is 1. The Bertz CT molecular complexity index is 1340. The fourth-order valence-electron chi connectivity index (χ4n) is 3.79. The molecular weight excluding hydrogens is 477 g/mol. The van der Waals surface area contributed by atoms with Gasteiger partial charge in [-0.2, -0.15) is 13.2 Å². The lowest BCUT2D eigenvalue weighted by Crippen LogP contribution is -2.35. The number of halogens is 4. The summed E-state index contributed by atoms with van der Waals surface area (Å²) in [6.45, 7) is 1.90. The van der Waals surface area contributed by atoms with E-state index in [1.54, 1.807) is 4.90 Å². The van der Waals surface area contributed by atoms with Crippen molar-refractivity contribution in [1.82, 2.24) is 0 Å². The molecule has 1 aliphatic rings. The summed E-state index contributed by atoms with van der Waals surface area (Å²) >= 11 is 5.92. The van der Waals surface area contributed by atoms with Crippen LogP contribution in [0.2, 0.25) is 5.02 Å². The van der Waals surface area contributed by atoms with Gasteiger partial charge in [0.15, 0.2) is 0 Å². The van der Waals surface area contributed by atoms with Gasteiger partial charge in [-0.3, -0.25) is 9.52 Å². The van der Waals surface area contributed by atoms with Gasteiger partial charge in [-0.15, -0.1) is 0 Å². The Balaban J connectivity index is 1.65. The Kier molecular flexibility index (Phi) is 5.88. The number of nitrogens with one attached hydrogen (secondary N) is 1. The molecule has 1 atom stereocenters. The van der Waals surface area contributed by atoms with E-state index >= 15 is 0 Å². The Morgan fingerprint density at radius 2 is 1.79 bits per heavy atom. The summed E-state index contributed by atoms with van der Waals surface area (Å²) in [5.74, 6) is -0.374. The maximum absolute atomic E-state index is 13.2. The van der Waals surface area contributed by atoms with E-state index in [2.05, 4.69) is 4.72 Å². The van der Waals surface area contributed by atoms with Crippen molar-refractivity contribution in [3.05, 3.63) is 88.4 Å². The lowest BCUT2D eigenvalue weighted by molar-refractivity contribution is -0.137. The molecule has 0 radical (unpaired) electrons. The first kappa shape index (κ1) is 23.1. The number of carbonyl (C=O) groups excluding carboxylic acids is 1. The Labute approximate surface area is 193 Å². The summed E-state index contributed by atoms with van der Waals surface area (Å²) in [6.07, 6.45) is -3.99. The molecule has 0 fully saturated rings. The van der Waals surface area contributed by atoms with Crippen LogP contribution in [0.5, 0.6) is 0 Å². The summed E-state index contributed by atoms with van der Waals surface area (Å²) in [5.41, 5.74) is 0.456. The van der Waals surface area contributed by atoms with Crippen molar-refractivity contribution in [3.63, 3.8) is 0 Å². The number of alkyl halides is 3. The second kappa shape index (κ2) is 8.39. The highest BCUT2D eigenvalue weighted by molar-refractivity contribution is 7.92. The molecule has 0 aromatic heterocycles. The van der Waals surface area contributed by atoms with Crippen molar-refractivity contribution in [1.29, 1.82) is 0 Å². The van der Waals surface area contributed by atoms with Crippen LogP contribution in [-0.4, -0.2) is 20.4 Å². The van der Waals surface area contributed by atoms with E-state index in [0.717, 1.165) is 23.4 Å². The molecule has 172 valence electrons. The summed E-state index contributed by atoms with van der Waals surface area (Å²) in [4.78, 5) is 14.6. The molecule has 0 saturated heterocycles. The first-order valence-corrected chi connectivity index (χ1v) is 11.7. The fourth-order valence-corrected chi connectivity index (χ4v) is 5.13. The molecule has 1 N–H and O–H groups in total. The zero-order valence-electron chi connectivity index (χ0n) is 17.2. The van der Waals surface area contributed by atoms with Gasteiger partial charge < -0.3 is 4.90 Å². The third-order valence-electron chi connectivity index (χ3n) is 5.36. The van der Waals surface area contributed by atoms with Gasteiger partial charge in [0, 0.05) is 17.3 Å². The van der Waals surface area contributed by atoms with Crippen molar-refractivity contribution in [3.8, 4) is 0 Å². The highest BCUT2D eigenvalue weighted by Gasteiger charge is 2.33. The highest BCUT2D eigenvalue weighted by atomic mass is 35.5. The number of anilines is 2. The molecular formula is C23H18ClF3N2O3S. The summed E-state index contributed by atoms with van der Waals surface area (Å²) in [6, 6.07) is 15.0. The van der Waals surface area contributed by atoms with Gasteiger partial charge in [0.2, 0.25) is 0 Å². The molecule has 5 nitrogen and oxygen atoms in total. The number of hydrogen-bond donors (Lipinski definition) is 1. The monoisotopic (exact) mass is 494 g/mol. The summed E-state index contributed by atoms with van der Waals surface area (Å²) in [5, 5.41) is -0.193. The Morgan fingerprint density at radius 1 is 1.06 bits per heavy atom. The number of nitrogens with zero attached hydrogens (tertiary/aromatic N) is 1. The van der Waals surface area contributed by atoms with E-state index in [1.165, 1.54) is 24.3 Å². The Hall–Kier alpha value is -3.04. The molecule has 0 saturated carbocycles. The molecule has 3 aromatic rings. The molecule has 4 rings (SSSR count). The van der Waals surface area contributed by atoms with Crippen LogP contribution in [0, 0.1) is 0 Å². The van der Waals surface area contributed by atoms with Crippen molar-refractivity contribution < 1.29 is 26.4 Å². The van der Waals surface area contributed by atoms with Crippen LogP contribution in [-0.2, 0) is 22.6 Å². The zero-order chi connectivity index (χ0) is 24.0. The summed E-state index contributed by atoms with van der Waals surface area (Å²) in [7, 11) is -4.32. The SMILES string of the molecule is CC1Cc2ccccc2N1C(=O)c1cccc(S(=O)(=O)Nc2cc(C(F)(F)F)ccc2Cl)c1. The standard InChI is InChI=1S/C23H18ClF3N2O3S/c1-14-11-15-5-2-3-8-21(15)29(14)22(30)16-6-4-7-18(12-16)33(31,32)28-20-13-17(23(25,26)27)9-10-19(20)24/h2-10,12-14,28H,11H2,1H3. The van der Waals surface area contributed by atoms with Crippen LogP contribution in [0.15, 0.2) is 71.6 Å². The minimum Gasteiger partial charge on any atom is -0.305 e. The largest absolute Gasteiger partial charge is 0.416 e. The van der Waals surface area contributed by atoms with E-state index < -0.39 is 27.5 Å². The second-order valence-corrected chi connectivity index (χ2v) is 9.77. The maximum Gasteiger partial charge on any atom is 0.416 e. The quantitative estimate of drug-likeness (QED) is 0.502. The van der Waals surface area contributed by atoms with Crippen LogP contribution in [0.1, 0.15) is 28.4 Å². The van der Waals surface area contributed by atoms with Gasteiger partial charge in [0.25, 0.3) is 15.9 Å². The normalized spacial score (nSPS) is 15.9. The van der Waals surface area contributed by atoms with Crippen molar-refractivity contribution in [2.24, 2.45) is 0 Å². The van der Waals surface area contributed by atoms with Gasteiger partial charge >= 0.3 is 6.18 Å². The van der Waals surface area contributed by atoms with Gasteiger partial charge in [-0.25, -0.2) is 8.42 Å². The average Bonchev–Trinajstić information content (AvgIpc) is 3.09. The number of sulfonamides is 1. The molecule has 0 spiro atoms. The summed E-state index contributed by atoms with van der Waals surface area (Å²) < 4.78 is 66.9. The number of amides is 1. The number of hydrogen-bond acceptors (Lipinski definition) is 3. The van der Waals surface area contributed by atoms with Gasteiger partial charge in [-0.05, 0) is 61.4 Å². The van der Waals surface area contributed by atoms with Crippen molar-refractivity contribution >= 4 is 38.9 Å². The van der Waals surface area contributed by atoms with Gasteiger partial charge in [0.1, 0.15) is 0 Å². The molecule has 3 aromatic carbocycles. The molecule has 0 bridgehead atoms. The predicted octanol–water partition coefficient (Wildman–Crippen LogP) is 5.75. The van der Waals surface area contributed by atoms with Crippen LogP contribution in [0.3, 0.4) is 0 Å². The number of carbonyl (C=O) groups is 1. The third-order valence-corrected chi connectivity index (χ3v) is 7.05. The predicted molar refractivity (Wildman–Crippen MR) is 120 cm³/mol. The minimum absolute atomic E-state index is 0.114. The van der Waals surface area contributed by atoms with E-state index in [-0.39, 0.29) is 27.4 Å². The van der Waals surface area contributed by atoms with Crippen LogP contribution >= 0.6 is 11.6 Å². The topological polar surface area (TPSA) is 66.5 Å². The average molecular weight is 495 g/mol. The van der Waals surface area contributed by atoms with Crippen LogP contribution in [0.25, 0.3) is 0 Å². The van der Waals surface area contributed by atoms with Gasteiger partial charge in [0.05, 0.1) is 21.2 Å². The smallest absolute Gasteiger partial charge is 0.305 e. The number of rotatable bonds is 4. The van der Waals surface area contributed by atoms with E-state index in [0.29, 0.717) is 12.5 Å². The van der Waals surface area contributed by atoms with E-state index in [4.69, 9.17) is 11.6 Å². The first-order valence-electron chi connectivity index (χ1n) is 9.88.